The standard InChI is InChI=1S/C39H44O9Si/c1-7-43-37(40)34(31-24-16-13-19-27(31)4)46-49(30-22-11-10-12-23-30,47-35(38(41)44-8-2)32-25-17-14-20-28(32)5)48-36(39(42)45-9-3)33-26-18-15-21-29(33)6/h10-26,34-36H,7-9H2,1-6H3. The van der Waals surface area contributed by atoms with E-state index in [4.69, 9.17) is 27.5 Å². The Morgan fingerprint density at radius 3 is 1.04 bits per heavy atom. The minimum Gasteiger partial charge on any atom is -0.464 e. The maximum absolute atomic E-state index is 13.9. The maximum atomic E-state index is 13.9. The van der Waals surface area contributed by atoms with E-state index >= 15 is 0 Å². The van der Waals surface area contributed by atoms with Crippen LogP contribution >= 0.6 is 0 Å². The van der Waals surface area contributed by atoms with Crippen molar-refractivity contribution in [1.29, 1.82) is 0 Å². The number of carbonyl (C=O) groups is 3. The fraction of sp³-hybridized carbons (Fsp3) is 0.308. The van der Waals surface area contributed by atoms with Crippen LogP contribution in [0.1, 0.15) is 72.5 Å². The second-order valence-corrected chi connectivity index (χ2v) is 13.6. The molecule has 3 unspecified atom stereocenters. The van der Waals surface area contributed by atoms with E-state index < -0.39 is 45.0 Å². The summed E-state index contributed by atoms with van der Waals surface area (Å²) in [7, 11) is -4.66. The molecular formula is C39H44O9Si. The van der Waals surface area contributed by atoms with Gasteiger partial charge in [0.15, 0.2) is 18.3 Å². The molecule has 258 valence electrons. The lowest BCUT2D eigenvalue weighted by Gasteiger charge is -2.37. The Balaban J connectivity index is 2.06. The van der Waals surface area contributed by atoms with Crippen molar-refractivity contribution in [2.24, 2.45) is 0 Å². The number of benzene rings is 4. The zero-order chi connectivity index (χ0) is 35.4. The molecule has 0 spiro atoms. The fourth-order valence-electron chi connectivity index (χ4n) is 5.41. The average molecular weight is 685 g/mol. The van der Waals surface area contributed by atoms with Crippen LogP contribution in [0.15, 0.2) is 103 Å². The first kappa shape index (κ1) is 37.2. The third-order valence-corrected chi connectivity index (χ3v) is 10.5. The lowest BCUT2D eigenvalue weighted by atomic mass is 10.0. The molecule has 0 saturated heterocycles. The molecule has 0 amide bonds. The molecule has 0 radical (unpaired) electrons. The van der Waals surface area contributed by atoms with Gasteiger partial charge in [-0.05, 0) is 74.9 Å². The van der Waals surface area contributed by atoms with Crippen molar-refractivity contribution in [2.45, 2.75) is 59.9 Å². The first-order valence-electron chi connectivity index (χ1n) is 16.4. The lowest BCUT2D eigenvalue weighted by molar-refractivity contribution is -0.162. The third kappa shape index (κ3) is 9.10. The highest BCUT2D eigenvalue weighted by molar-refractivity contribution is 6.75. The highest BCUT2D eigenvalue weighted by atomic mass is 28.4. The topological polar surface area (TPSA) is 107 Å². The molecule has 3 atom stereocenters. The Bertz CT molecular complexity index is 1540. The van der Waals surface area contributed by atoms with E-state index in [9.17, 15) is 14.4 Å². The molecule has 0 bridgehead atoms. The Hall–Kier alpha value is -4.61. The molecular weight excluding hydrogens is 641 g/mol. The van der Waals surface area contributed by atoms with E-state index in [1.165, 1.54) is 0 Å². The molecule has 4 aromatic rings. The molecule has 49 heavy (non-hydrogen) atoms. The molecule has 0 aliphatic carbocycles. The Morgan fingerprint density at radius 1 is 0.469 bits per heavy atom. The molecule has 0 N–H and O–H groups in total. The summed E-state index contributed by atoms with van der Waals surface area (Å²) in [6.45, 7) is 10.9. The van der Waals surface area contributed by atoms with Gasteiger partial charge in [0.05, 0.1) is 19.8 Å². The van der Waals surface area contributed by atoms with Crippen LogP contribution in [0.2, 0.25) is 0 Å². The molecule has 0 fully saturated rings. The van der Waals surface area contributed by atoms with Crippen molar-refractivity contribution < 1.29 is 41.9 Å². The number of ether oxygens (including phenoxy) is 3. The largest absolute Gasteiger partial charge is 0.540 e. The SMILES string of the molecule is CCOC(=O)C(O[Si](OC(C(=O)OCC)c1ccccc1C)(OC(C(=O)OCC)c1ccccc1C)c1ccccc1)c1ccccc1C. The minimum absolute atomic E-state index is 0.0789. The number of esters is 3. The number of rotatable bonds is 16. The van der Waals surface area contributed by atoms with E-state index in [0.29, 0.717) is 21.9 Å². The summed E-state index contributed by atoms with van der Waals surface area (Å²) in [6, 6.07) is 30.5. The Labute approximate surface area is 289 Å². The van der Waals surface area contributed by atoms with E-state index in [1.54, 1.807) is 87.5 Å². The number of hydrogen-bond donors (Lipinski definition) is 0. The van der Waals surface area contributed by atoms with Gasteiger partial charge in [-0.2, -0.15) is 0 Å². The van der Waals surface area contributed by atoms with Gasteiger partial charge in [-0.3, -0.25) is 0 Å². The van der Waals surface area contributed by atoms with Crippen molar-refractivity contribution in [2.75, 3.05) is 19.8 Å². The maximum Gasteiger partial charge on any atom is 0.540 e. The quantitative estimate of drug-likeness (QED) is 0.0722. The molecule has 10 heteroatoms. The zero-order valence-corrected chi connectivity index (χ0v) is 29.8. The summed E-state index contributed by atoms with van der Waals surface area (Å²) in [5, 5.41) is 0.392. The van der Waals surface area contributed by atoms with Crippen LogP contribution in [-0.2, 0) is 41.9 Å². The summed E-state index contributed by atoms with van der Waals surface area (Å²) < 4.78 is 37.5. The molecule has 0 saturated carbocycles. The third-order valence-electron chi connectivity index (χ3n) is 7.86. The van der Waals surface area contributed by atoms with Crippen LogP contribution in [0, 0.1) is 20.8 Å². The van der Waals surface area contributed by atoms with Crippen LogP contribution in [0.3, 0.4) is 0 Å². The van der Waals surface area contributed by atoms with Crippen LogP contribution in [0.5, 0.6) is 0 Å². The summed E-state index contributed by atoms with van der Waals surface area (Å²) in [4.78, 5) is 41.6. The highest BCUT2D eigenvalue weighted by Crippen LogP contribution is 2.36. The van der Waals surface area contributed by atoms with Crippen molar-refractivity contribution in [3.8, 4) is 0 Å². The Kier molecular flexibility index (Phi) is 13.4. The summed E-state index contributed by atoms with van der Waals surface area (Å²) in [6.07, 6.45) is -4.10. The average Bonchev–Trinajstić information content (AvgIpc) is 3.10. The molecule has 0 aliphatic heterocycles. The van der Waals surface area contributed by atoms with Gasteiger partial charge in [0.2, 0.25) is 0 Å². The van der Waals surface area contributed by atoms with Crippen LogP contribution < -0.4 is 5.19 Å². The van der Waals surface area contributed by atoms with Gasteiger partial charge < -0.3 is 27.5 Å². The van der Waals surface area contributed by atoms with Crippen molar-refractivity contribution in [3.05, 3.63) is 137 Å². The number of hydrogen-bond acceptors (Lipinski definition) is 9. The molecule has 0 heterocycles. The second kappa shape index (κ2) is 17.7. The predicted molar refractivity (Wildman–Crippen MR) is 187 cm³/mol. The summed E-state index contributed by atoms with van der Waals surface area (Å²) in [5.74, 6) is -2.07. The van der Waals surface area contributed by atoms with E-state index in [0.717, 1.165) is 16.7 Å². The first-order valence-corrected chi connectivity index (χ1v) is 18.1. The van der Waals surface area contributed by atoms with E-state index in [-0.39, 0.29) is 19.8 Å². The van der Waals surface area contributed by atoms with Gasteiger partial charge in [0, 0.05) is 5.19 Å². The summed E-state index contributed by atoms with van der Waals surface area (Å²) in [5.41, 5.74) is 3.77. The van der Waals surface area contributed by atoms with Gasteiger partial charge in [0.1, 0.15) is 0 Å². The van der Waals surface area contributed by atoms with Crippen LogP contribution in [-0.4, -0.2) is 46.5 Å². The molecule has 4 rings (SSSR count). The number of aryl methyl sites for hydroxylation is 3. The molecule has 9 nitrogen and oxygen atoms in total. The van der Waals surface area contributed by atoms with Gasteiger partial charge in [0.25, 0.3) is 0 Å². The monoisotopic (exact) mass is 684 g/mol. The summed E-state index contributed by atoms with van der Waals surface area (Å²) >= 11 is 0. The molecule has 4 aromatic carbocycles. The van der Waals surface area contributed by atoms with E-state index in [2.05, 4.69) is 0 Å². The first-order chi connectivity index (χ1) is 23.7. The molecule has 0 aromatic heterocycles. The highest BCUT2D eigenvalue weighted by Gasteiger charge is 2.54. The predicted octanol–water partition coefficient (Wildman–Crippen LogP) is 6.72. The van der Waals surface area contributed by atoms with Gasteiger partial charge in [-0.25, -0.2) is 14.4 Å². The van der Waals surface area contributed by atoms with Gasteiger partial charge in [-0.1, -0.05) is 103 Å². The van der Waals surface area contributed by atoms with Crippen LogP contribution in [0.4, 0.5) is 0 Å². The van der Waals surface area contributed by atoms with E-state index in [1.807, 2.05) is 57.2 Å². The van der Waals surface area contributed by atoms with Crippen molar-refractivity contribution in [1.82, 2.24) is 0 Å². The second-order valence-electron chi connectivity index (χ2n) is 11.2. The lowest BCUT2D eigenvalue weighted by Crippen LogP contribution is -2.60. The molecule has 0 aliphatic rings. The minimum atomic E-state index is -4.66. The van der Waals surface area contributed by atoms with Crippen molar-refractivity contribution >= 4 is 31.9 Å². The smallest absolute Gasteiger partial charge is 0.464 e. The fourth-order valence-corrected chi connectivity index (χ4v) is 8.18. The van der Waals surface area contributed by atoms with Gasteiger partial charge >= 0.3 is 26.7 Å². The normalized spacial score (nSPS) is 14.2. The van der Waals surface area contributed by atoms with Crippen molar-refractivity contribution in [3.63, 3.8) is 0 Å². The zero-order valence-electron chi connectivity index (χ0n) is 28.8. The Morgan fingerprint density at radius 2 is 0.755 bits per heavy atom. The number of carbonyl (C=O) groups excluding carboxylic acids is 3. The van der Waals surface area contributed by atoms with Crippen LogP contribution in [0.25, 0.3) is 0 Å². The van der Waals surface area contributed by atoms with Gasteiger partial charge in [-0.15, -0.1) is 0 Å².